The van der Waals surface area contributed by atoms with Gasteiger partial charge in [0.2, 0.25) is 0 Å². The minimum absolute atomic E-state index is 0.241. The molecule has 2 aliphatic heterocycles. The SMILES string of the molecule is CCCOc1ccc(C2=C(N3CCN(C)CC3)C(=O)N(c3cc(C)ccc3C)C2=O)cc1. The summed E-state index contributed by atoms with van der Waals surface area (Å²) in [5.74, 6) is 0.259. The van der Waals surface area contributed by atoms with Gasteiger partial charge in [-0.25, -0.2) is 4.90 Å². The summed E-state index contributed by atoms with van der Waals surface area (Å²) in [6.07, 6.45) is 0.929. The fourth-order valence-electron chi connectivity index (χ4n) is 4.22. The maximum absolute atomic E-state index is 13.7. The lowest BCUT2D eigenvalue weighted by Gasteiger charge is -2.34. The van der Waals surface area contributed by atoms with Crippen molar-refractivity contribution in [3.63, 3.8) is 0 Å². The van der Waals surface area contributed by atoms with Gasteiger partial charge in [0.25, 0.3) is 11.8 Å². The molecule has 32 heavy (non-hydrogen) atoms. The Morgan fingerprint density at radius 1 is 0.906 bits per heavy atom. The number of amides is 2. The van der Waals surface area contributed by atoms with Gasteiger partial charge in [0.05, 0.1) is 17.9 Å². The van der Waals surface area contributed by atoms with Crippen LogP contribution in [0.5, 0.6) is 5.75 Å². The predicted octanol–water partition coefficient (Wildman–Crippen LogP) is 3.62. The van der Waals surface area contributed by atoms with Gasteiger partial charge < -0.3 is 14.5 Å². The average Bonchev–Trinajstić information content (AvgIpc) is 3.05. The molecule has 0 bridgehead atoms. The van der Waals surface area contributed by atoms with Crippen LogP contribution in [0.3, 0.4) is 0 Å². The van der Waals surface area contributed by atoms with E-state index in [0.29, 0.717) is 36.7 Å². The van der Waals surface area contributed by atoms with Crippen molar-refractivity contribution in [2.75, 3.05) is 44.7 Å². The predicted molar refractivity (Wildman–Crippen MR) is 127 cm³/mol. The number of carbonyl (C=O) groups excluding carboxylic acids is 2. The van der Waals surface area contributed by atoms with Gasteiger partial charge in [-0.15, -0.1) is 0 Å². The molecule has 6 nitrogen and oxygen atoms in total. The van der Waals surface area contributed by atoms with Crippen LogP contribution in [0.2, 0.25) is 0 Å². The van der Waals surface area contributed by atoms with Gasteiger partial charge in [-0.3, -0.25) is 9.59 Å². The number of imide groups is 1. The van der Waals surface area contributed by atoms with Crippen LogP contribution in [0.25, 0.3) is 5.57 Å². The fourth-order valence-corrected chi connectivity index (χ4v) is 4.22. The molecule has 4 rings (SSSR count). The largest absolute Gasteiger partial charge is 0.494 e. The molecular formula is C26H31N3O3. The first-order chi connectivity index (χ1) is 15.4. The first-order valence-electron chi connectivity index (χ1n) is 11.3. The third kappa shape index (κ3) is 4.15. The lowest BCUT2D eigenvalue weighted by molar-refractivity contribution is -0.120. The Labute approximate surface area is 190 Å². The number of piperazine rings is 1. The Morgan fingerprint density at radius 2 is 1.59 bits per heavy atom. The number of nitrogens with zero attached hydrogens (tertiary/aromatic N) is 3. The van der Waals surface area contributed by atoms with Crippen molar-refractivity contribution in [3.8, 4) is 5.75 Å². The maximum Gasteiger partial charge on any atom is 0.282 e. The average molecular weight is 434 g/mol. The number of rotatable bonds is 6. The van der Waals surface area contributed by atoms with Crippen LogP contribution in [0, 0.1) is 13.8 Å². The Hall–Kier alpha value is -3.12. The third-order valence-electron chi connectivity index (χ3n) is 6.10. The van der Waals surface area contributed by atoms with Crippen LogP contribution >= 0.6 is 0 Å². The number of ether oxygens (including phenoxy) is 1. The van der Waals surface area contributed by atoms with Crippen molar-refractivity contribution in [1.29, 1.82) is 0 Å². The van der Waals surface area contributed by atoms with Gasteiger partial charge in [0.1, 0.15) is 11.4 Å². The van der Waals surface area contributed by atoms with Crippen LogP contribution in [0.4, 0.5) is 5.69 Å². The molecule has 168 valence electrons. The zero-order valence-corrected chi connectivity index (χ0v) is 19.4. The first-order valence-corrected chi connectivity index (χ1v) is 11.3. The van der Waals surface area contributed by atoms with Crippen molar-refractivity contribution in [3.05, 3.63) is 64.9 Å². The zero-order valence-electron chi connectivity index (χ0n) is 19.4. The van der Waals surface area contributed by atoms with Gasteiger partial charge in [0.15, 0.2) is 0 Å². The number of aryl methyl sites for hydroxylation is 2. The smallest absolute Gasteiger partial charge is 0.282 e. The standard InChI is InChI=1S/C26H31N3O3/c1-5-16-32-21-10-8-20(9-11-21)23-24(28-14-12-27(4)13-15-28)26(31)29(25(23)30)22-17-18(2)6-7-19(22)3/h6-11,17H,5,12-16H2,1-4H3. The number of hydrogen-bond acceptors (Lipinski definition) is 5. The van der Waals surface area contributed by atoms with Gasteiger partial charge in [-0.2, -0.15) is 0 Å². The summed E-state index contributed by atoms with van der Waals surface area (Å²) in [6, 6.07) is 13.4. The first kappa shape index (κ1) is 22.1. The van der Waals surface area contributed by atoms with E-state index < -0.39 is 0 Å². The minimum atomic E-state index is -0.264. The molecule has 0 spiro atoms. The fraction of sp³-hybridized carbons (Fsp3) is 0.385. The molecular weight excluding hydrogens is 402 g/mol. The Morgan fingerprint density at radius 3 is 2.25 bits per heavy atom. The molecule has 2 heterocycles. The van der Waals surface area contributed by atoms with Crippen molar-refractivity contribution in [2.24, 2.45) is 0 Å². The highest BCUT2D eigenvalue weighted by atomic mass is 16.5. The quantitative estimate of drug-likeness (QED) is 0.652. The molecule has 0 aliphatic carbocycles. The number of anilines is 1. The summed E-state index contributed by atoms with van der Waals surface area (Å²) in [6.45, 7) is 9.75. The van der Waals surface area contributed by atoms with E-state index in [2.05, 4.69) is 23.8 Å². The molecule has 0 N–H and O–H groups in total. The number of hydrogen-bond donors (Lipinski definition) is 0. The molecule has 1 fully saturated rings. The lowest BCUT2D eigenvalue weighted by Crippen LogP contribution is -2.46. The van der Waals surface area contributed by atoms with Crippen molar-refractivity contribution in [1.82, 2.24) is 9.80 Å². The zero-order chi connectivity index (χ0) is 22.8. The molecule has 2 aromatic carbocycles. The number of likely N-dealkylation sites (N-methyl/N-ethyl adjacent to an activating group) is 1. The van der Waals surface area contributed by atoms with Crippen LogP contribution in [0.15, 0.2) is 48.2 Å². The van der Waals surface area contributed by atoms with E-state index in [9.17, 15) is 9.59 Å². The van der Waals surface area contributed by atoms with Gasteiger partial charge in [-0.1, -0.05) is 31.2 Å². The highest BCUT2D eigenvalue weighted by Gasteiger charge is 2.43. The van der Waals surface area contributed by atoms with Gasteiger partial charge in [-0.05, 0) is 62.2 Å². The summed E-state index contributed by atoms with van der Waals surface area (Å²) in [4.78, 5) is 33.1. The molecule has 0 unspecified atom stereocenters. The van der Waals surface area contributed by atoms with Crippen LogP contribution in [-0.4, -0.2) is 61.4 Å². The number of benzene rings is 2. The summed E-state index contributed by atoms with van der Waals surface area (Å²) >= 11 is 0. The van der Waals surface area contributed by atoms with E-state index in [-0.39, 0.29) is 11.8 Å². The molecule has 0 saturated carbocycles. The molecule has 0 aromatic heterocycles. The molecule has 1 saturated heterocycles. The molecule has 2 aromatic rings. The second kappa shape index (κ2) is 9.17. The van der Waals surface area contributed by atoms with E-state index in [1.54, 1.807) is 0 Å². The van der Waals surface area contributed by atoms with Crippen LogP contribution < -0.4 is 9.64 Å². The Bertz CT molecular complexity index is 1050. The summed E-state index contributed by atoms with van der Waals surface area (Å²) in [5.41, 5.74) is 4.30. The van der Waals surface area contributed by atoms with Crippen molar-refractivity contribution in [2.45, 2.75) is 27.2 Å². The summed E-state index contributed by atoms with van der Waals surface area (Å²) in [7, 11) is 2.08. The molecule has 2 amide bonds. The van der Waals surface area contributed by atoms with Crippen LogP contribution in [-0.2, 0) is 9.59 Å². The highest BCUT2D eigenvalue weighted by molar-refractivity contribution is 6.45. The van der Waals surface area contributed by atoms with E-state index in [1.807, 2.05) is 56.3 Å². The second-order valence-electron chi connectivity index (χ2n) is 8.62. The van der Waals surface area contributed by atoms with Gasteiger partial charge >= 0.3 is 0 Å². The maximum atomic E-state index is 13.7. The summed E-state index contributed by atoms with van der Waals surface area (Å²) in [5, 5.41) is 0. The van der Waals surface area contributed by atoms with Crippen LogP contribution in [0.1, 0.15) is 30.0 Å². The Kier molecular flexibility index (Phi) is 6.33. The summed E-state index contributed by atoms with van der Waals surface area (Å²) < 4.78 is 5.70. The normalized spacial score (nSPS) is 17.5. The minimum Gasteiger partial charge on any atom is -0.494 e. The molecule has 0 radical (unpaired) electrons. The van der Waals surface area contributed by atoms with Crippen molar-refractivity contribution >= 4 is 23.1 Å². The number of carbonyl (C=O) groups is 2. The van der Waals surface area contributed by atoms with Gasteiger partial charge in [0, 0.05) is 26.2 Å². The van der Waals surface area contributed by atoms with E-state index in [1.165, 1.54) is 4.90 Å². The highest BCUT2D eigenvalue weighted by Crippen LogP contribution is 2.37. The monoisotopic (exact) mass is 433 g/mol. The topological polar surface area (TPSA) is 53.1 Å². The second-order valence-corrected chi connectivity index (χ2v) is 8.62. The lowest BCUT2D eigenvalue weighted by atomic mass is 10.0. The molecule has 0 atom stereocenters. The molecule has 6 heteroatoms. The third-order valence-corrected chi connectivity index (χ3v) is 6.10. The van der Waals surface area contributed by atoms with E-state index in [0.717, 1.165) is 42.0 Å². The van der Waals surface area contributed by atoms with E-state index >= 15 is 0 Å². The van der Waals surface area contributed by atoms with Crippen molar-refractivity contribution < 1.29 is 14.3 Å². The molecule has 2 aliphatic rings. The van der Waals surface area contributed by atoms with E-state index in [4.69, 9.17) is 4.74 Å². The Balaban J connectivity index is 1.77.